The van der Waals surface area contributed by atoms with Crippen molar-refractivity contribution < 1.29 is 9.90 Å². The monoisotopic (exact) mass is 304 g/mol. The summed E-state index contributed by atoms with van der Waals surface area (Å²) < 4.78 is 0. The fourth-order valence-electron chi connectivity index (χ4n) is 3.31. The molecule has 122 valence electrons. The third-order valence-electron chi connectivity index (χ3n) is 4.65. The SMILES string of the molecule is Cc1ccc(O)c(C(=O)NCCCN2[C@H](C)CCC[C@@H]2C)c1. The molecule has 1 aliphatic rings. The molecule has 0 aliphatic carbocycles. The summed E-state index contributed by atoms with van der Waals surface area (Å²) in [5.74, 6) is -0.151. The van der Waals surface area contributed by atoms with Crippen LogP contribution < -0.4 is 5.32 Å². The molecule has 0 unspecified atom stereocenters. The number of aromatic hydroxyl groups is 1. The molecule has 1 heterocycles. The summed E-state index contributed by atoms with van der Waals surface area (Å²) in [5.41, 5.74) is 1.33. The van der Waals surface area contributed by atoms with Crippen LogP contribution in [0.15, 0.2) is 18.2 Å². The Bertz CT molecular complexity index is 506. The number of hydrogen-bond donors (Lipinski definition) is 2. The van der Waals surface area contributed by atoms with Crippen molar-refractivity contribution in [3.8, 4) is 5.75 Å². The van der Waals surface area contributed by atoms with Gasteiger partial charge < -0.3 is 10.4 Å². The van der Waals surface area contributed by atoms with Crippen molar-refractivity contribution in [2.45, 2.75) is 58.5 Å². The van der Waals surface area contributed by atoms with Gasteiger partial charge in [0.2, 0.25) is 0 Å². The molecule has 1 aromatic rings. The number of hydrogen-bond acceptors (Lipinski definition) is 3. The van der Waals surface area contributed by atoms with E-state index in [9.17, 15) is 9.90 Å². The number of piperidine rings is 1. The number of phenols is 1. The molecule has 1 aliphatic heterocycles. The summed E-state index contributed by atoms with van der Waals surface area (Å²) in [6.07, 6.45) is 4.80. The maximum Gasteiger partial charge on any atom is 0.255 e. The lowest BCUT2D eigenvalue weighted by Crippen LogP contribution is -2.44. The average Bonchev–Trinajstić information content (AvgIpc) is 2.48. The Hall–Kier alpha value is -1.55. The van der Waals surface area contributed by atoms with Crippen molar-refractivity contribution >= 4 is 5.91 Å². The lowest BCUT2D eigenvalue weighted by molar-refractivity contribution is 0.0923. The van der Waals surface area contributed by atoms with E-state index in [1.165, 1.54) is 19.3 Å². The maximum atomic E-state index is 12.1. The van der Waals surface area contributed by atoms with Crippen molar-refractivity contribution in [2.75, 3.05) is 13.1 Å². The number of carbonyl (C=O) groups excluding carboxylic acids is 1. The lowest BCUT2D eigenvalue weighted by Gasteiger charge is -2.39. The summed E-state index contributed by atoms with van der Waals surface area (Å²) in [4.78, 5) is 14.7. The van der Waals surface area contributed by atoms with Crippen molar-refractivity contribution in [2.24, 2.45) is 0 Å². The Morgan fingerprint density at radius 3 is 2.68 bits per heavy atom. The average molecular weight is 304 g/mol. The van der Waals surface area contributed by atoms with E-state index in [1.54, 1.807) is 18.2 Å². The summed E-state index contributed by atoms with van der Waals surface area (Å²) in [6, 6.07) is 6.37. The first kappa shape index (κ1) is 16.8. The molecule has 4 heteroatoms. The minimum Gasteiger partial charge on any atom is -0.507 e. The number of carbonyl (C=O) groups is 1. The molecule has 2 rings (SSSR count). The van der Waals surface area contributed by atoms with Gasteiger partial charge in [0.05, 0.1) is 5.56 Å². The molecule has 1 amide bonds. The van der Waals surface area contributed by atoms with Gasteiger partial charge in [0, 0.05) is 25.2 Å². The Balaban J connectivity index is 1.78. The maximum absolute atomic E-state index is 12.1. The third kappa shape index (κ3) is 4.23. The van der Waals surface area contributed by atoms with Crippen LogP contribution in [0.5, 0.6) is 5.75 Å². The summed E-state index contributed by atoms with van der Waals surface area (Å²) in [6.45, 7) is 8.15. The Labute approximate surface area is 133 Å². The lowest BCUT2D eigenvalue weighted by atomic mass is 9.97. The molecular weight excluding hydrogens is 276 g/mol. The van der Waals surface area contributed by atoms with Crippen molar-refractivity contribution in [1.29, 1.82) is 0 Å². The topological polar surface area (TPSA) is 52.6 Å². The van der Waals surface area contributed by atoms with E-state index in [0.29, 0.717) is 24.2 Å². The Morgan fingerprint density at radius 1 is 1.32 bits per heavy atom. The molecule has 0 aromatic heterocycles. The highest BCUT2D eigenvalue weighted by Crippen LogP contribution is 2.22. The van der Waals surface area contributed by atoms with Crippen molar-refractivity contribution in [3.05, 3.63) is 29.3 Å². The van der Waals surface area contributed by atoms with Gasteiger partial charge >= 0.3 is 0 Å². The van der Waals surface area contributed by atoms with E-state index < -0.39 is 0 Å². The second-order valence-electron chi connectivity index (χ2n) is 6.50. The van der Waals surface area contributed by atoms with E-state index >= 15 is 0 Å². The van der Waals surface area contributed by atoms with Gasteiger partial charge in [0.1, 0.15) is 5.75 Å². The predicted molar refractivity (Wildman–Crippen MR) is 89.3 cm³/mol. The fraction of sp³-hybridized carbons (Fsp3) is 0.611. The zero-order valence-electron chi connectivity index (χ0n) is 13.9. The van der Waals surface area contributed by atoms with Gasteiger partial charge in [0.25, 0.3) is 5.91 Å². The summed E-state index contributed by atoms with van der Waals surface area (Å²) in [5, 5.41) is 12.7. The van der Waals surface area contributed by atoms with Crippen LogP contribution in [0.3, 0.4) is 0 Å². The second-order valence-corrected chi connectivity index (χ2v) is 6.50. The number of phenolic OH excluding ortho intramolecular Hbond substituents is 1. The molecule has 1 fully saturated rings. The first-order valence-electron chi connectivity index (χ1n) is 8.32. The molecular formula is C18H28N2O2. The number of benzene rings is 1. The largest absolute Gasteiger partial charge is 0.507 e. The van der Waals surface area contributed by atoms with Gasteiger partial charge in [-0.25, -0.2) is 0 Å². The zero-order chi connectivity index (χ0) is 16.1. The highest BCUT2D eigenvalue weighted by atomic mass is 16.3. The van der Waals surface area contributed by atoms with Crippen molar-refractivity contribution in [3.63, 3.8) is 0 Å². The predicted octanol–water partition coefficient (Wildman–Crippen LogP) is 3.08. The highest BCUT2D eigenvalue weighted by molar-refractivity contribution is 5.96. The van der Waals surface area contributed by atoms with Crippen molar-refractivity contribution in [1.82, 2.24) is 10.2 Å². The normalized spacial score (nSPS) is 22.5. The highest BCUT2D eigenvalue weighted by Gasteiger charge is 2.23. The van der Waals surface area contributed by atoms with Gasteiger partial charge in [0.15, 0.2) is 0 Å². The Kier molecular flexibility index (Phi) is 5.83. The fourth-order valence-corrected chi connectivity index (χ4v) is 3.31. The first-order chi connectivity index (χ1) is 10.5. The Morgan fingerprint density at radius 2 is 2.00 bits per heavy atom. The minimum absolute atomic E-state index is 0.0429. The number of likely N-dealkylation sites (tertiary alicyclic amines) is 1. The molecule has 4 nitrogen and oxygen atoms in total. The van der Waals surface area contributed by atoms with Gasteiger partial charge in [-0.05, 0) is 52.2 Å². The number of nitrogens with one attached hydrogen (secondary N) is 1. The zero-order valence-corrected chi connectivity index (χ0v) is 13.9. The molecule has 22 heavy (non-hydrogen) atoms. The number of aryl methyl sites for hydroxylation is 1. The molecule has 2 atom stereocenters. The third-order valence-corrected chi connectivity index (χ3v) is 4.65. The van der Waals surface area contributed by atoms with Gasteiger partial charge in [-0.15, -0.1) is 0 Å². The molecule has 1 saturated heterocycles. The van der Waals surface area contributed by atoms with Crippen LogP contribution >= 0.6 is 0 Å². The summed E-state index contributed by atoms with van der Waals surface area (Å²) in [7, 11) is 0. The van der Waals surface area contributed by atoms with Crippen LogP contribution in [-0.4, -0.2) is 41.1 Å². The van der Waals surface area contributed by atoms with Gasteiger partial charge in [-0.2, -0.15) is 0 Å². The molecule has 0 saturated carbocycles. The molecule has 1 aromatic carbocycles. The molecule has 2 N–H and O–H groups in total. The van der Waals surface area contributed by atoms with Gasteiger partial charge in [-0.3, -0.25) is 9.69 Å². The summed E-state index contributed by atoms with van der Waals surface area (Å²) >= 11 is 0. The molecule has 0 spiro atoms. The molecule has 0 bridgehead atoms. The first-order valence-corrected chi connectivity index (χ1v) is 8.32. The van der Waals surface area contributed by atoms with Crippen LogP contribution in [0.25, 0.3) is 0 Å². The number of amides is 1. The minimum atomic E-state index is -0.194. The second kappa shape index (κ2) is 7.63. The van der Waals surface area contributed by atoms with Gasteiger partial charge in [-0.1, -0.05) is 18.1 Å². The van der Waals surface area contributed by atoms with Crippen LogP contribution in [0.1, 0.15) is 55.5 Å². The van der Waals surface area contributed by atoms with Crippen LogP contribution in [-0.2, 0) is 0 Å². The van der Waals surface area contributed by atoms with E-state index in [-0.39, 0.29) is 11.7 Å². The number of rotatable bonds is 5. The standard InChI is InChI=1S/C18H28N2O2/c1-13-8-9-17(21)16(12-13)18(22)19-10-5-11-20-14(2)6-4-7-15(20)3/h8-9,12,14-15,21H,4-7,10-11H2,1-3H3,(H,19,22)/t14-,15+. The molecule has 0 radical (unpaired) electrons. The smallest absolute Gasteiger partial charge is 0.255 e. The van der Waals surface area contributed by atoms with E-state index in [2.05, 4.69) is 24.1 Å². The van der Waals surface area contributed by atoms with E-state index in [1.807, 2.05) is 6.92 Å². The van der Waals surface area contributed by atoms with Crippen LogP contribution in [0.2, 0.25) is 0 Å². The quantitative estimate of drug-likeness (QED) is 0.822. The van der Waals surface area contributed by atoms with E-state index in [4.69, 9.17) is 0 Å². The van der Waals surface area contributed by atoms with Crippen LogP contribution in [0, 0.1) is 6.92 Å². The number of nitrogens with zero attached hydrogens (tertiary/aromatic N) is 1. The van der Waals surface area contributed by atoms with E-state index in [0.717, 1.165) is 18.5 Å². The van der Waals surface area contributed by atoms with Crippen LogP contribution in [0.4, 0.5) is 0 Å².